The molecule has 0 aliphatic rings. The normalized spacial score (nSPS) is 11.2. The van der Waals surface area contributed by atoms with Crippen molar-refractivity contribution in [3.63, 3.8) is 0 Å². The van der Waals surface area contributed by atoms with Crippen LogP contribution in [0.2, 0.25) is 0 Å². The maximum atomic E-state index is 11.2. The Morgan fingerprint density at radius 1 is 1.29 bits per heavy atom. The molecule has 0 radical (unpaired) electrons. The molecule has 0 fully saturated rings. The van der Waals surface area contributed by atoms with Crippen LogP contribution in [0.4, 0.5) is 0 Å². The highest BCUT2D eigenvalue weighted by molar-refractivity contribution is 7.90. The largest absolute Gasteiger partial charge is 0.464 e. The second-order valence-corrected chi connectivity index (χ2v) is 5.61. The van der Waals surface area contributed by atoms with Gasteiger partial charge in [0.25, 0.3) is 0 Å². The van der Waals surface area contributed by atoms with Gasteiger partial charge in [0.1, 0.15) is 0 Å². The molecule has 0 bridgehead atoms. The number of hydrogen-bond donors (Lipinski definition) is 1. The lowest BCUT2D eigenvalue weighted by atomic mass is 10.2. The first-order valence-electron chi connectivity index (χ1n) is 5.08. The molecule has 0 saturated heterocycles. The first-order valence-corrected chi connectivity index (χ1v) is 6.97. The maximum absolute atomic E-state index is 11.2. The fraction of sp³-hybridized carbons (Fsp3) is 0.364. The number of benzene rings is 1. The van der Waals surface area contributed by atoms with Gasteiger partial charge in [0.2, 0.25) is 0 Å². The molecule has 1 aromatic carbocycles. The summed E-state index contributed by atoms with van der Waals surface area (Å²) in [6.45, 7) is 0.112. The lowest BCUT2D eigenvalue weighted by Gasteiger charge is -2.04. The number of carbonyl (C=O) groups is 1. The smallest absolute Gasteiger partial charge is 0.319 e. The molecular formula is C11H15NO4S. The zero-order valence-electron chi connectivity index (χ0n) is 9.55. The monoisotopic (exact) mass is 257 g/mol. The van der Waals surface area contributed by atoms with Gasteiger partial charge in [-0.2, -0.15) is 0 Å². The van der Waals surface area contributed by atoms with Crippen molar-refractivity contribution in [2.24, 2.45) is 5.73 Å². The molecule has 0 unspecified atom stereocenters. The molecule has 5 nitrogen and oxygen atoms in total. The molecule has 94 valence electrons. The Morgan fingerprint density at radius 2 is 1.88 bits per heavy atom. The molecule has 1 aromatic rings. The number of carbonyl (C=O) groups excluding carboxylic acids is 1. The molecule has 0 aromatic heterocycles. The predicted molar refractivity (Wildman–Crippen MR) is 63.3 cm³/mol. The second-order valence-electron chi connectivity index (χ2n) is 3.59. The summed E-state index contributed by atoms with van der Waals surface area (Å²) in [5, 5.41) is 0. The van der Waals surface area contributed by atoms with E-state index in [-0.39, 0.29) is 18.0 Å². The van der Waals surface area contributed by atoms with Crippen LogP contribution < -0.4 is 5.73 Å². The van der Waals surface area contributed by atoms with E-state index in [1.165, 1.54) is 12.1 Å². The lowest BCUT2D eigenvalue weighted by Crippen LogP contribution is -2.17. The summed E-state index contributed by atoms with van der Waals surface area (Å²) in [7, 11) is -3.16. The molecule has 0 amide bonds. The van der Waals surface area contributed by atoms with E-state index in [1.807, 2.05) is 0 Å². The Bertz CT molecular complexity index is 479. The van der Waals surface area contributed by atoms with Crippen LogP contribution in [-0.2, 0) is 25.8 Å². The summed E-state index contributed by atoms with van der Waals surface area (Å²) in [4.78, 5) is 11.0. The third-order valence-electron chi connectivity index (χ3n) is 2.17. The van der Waals surface area contributed by atoms with Crippen LogP contribution in [-0.4, -0.2) is 33.8 Å². The van der Waals surface area contributed by atoms with Crippen molar-refractivity contribution in [1.82, 2.24) is 0 Å². The molecule has 0 saturated carbocycles. The fourth-order valence-electron chi connectivity index (χ4n) is 1.24. The zero-order valence-corrected chi connectivity index (χ0v) is 10.4. The van der Waals surface area contributed by atoms with Crippen LogP contribution in [0, 0.1) is 0 Å². The molecule has 2 N–H and O–H groups in total. The molecule has 0 aliphatic carbocycles. The van der Waals surface area contributed by atoms with Crippen molar-refractivity contribution in [2.45, 2.75) is 11.3 Å². The molecule has 6 heteroatoms. The van der Waals surface area contributed by atoms with Gasteiger partial charge in [-0.1, -0.05) is 12.1 Å². The number of ether oxygens (including phenoxy) is 1. The number of hydrogen-bond acceptors (Lipinski definition) is 5. The van der Waals surface area contributed by atoms with Gasteiger partial charge in [0.15, 0.2) is 9.84 Å². The van der Waals surface area contributed by atoms with E-state index < -0.39 is 15.8 Å². The average molecular weight is 257 g/mol. The number of nitrogens with two attached hydrogens (primary N) is 1. The summed E-state index contributed by atoms with van der Waals surface area (Å²) in [5.41, 5.74) is 5.98. The fourth-order valence-corrected chi connectivity index (χ4v) is 1.88. The number of rotatable bonds is 5. The first-order chi connectivity index (χ1) is 7.93. The Balaban J connectivity index is 2.55. The van der Waals surface area contributed by atoms with Gasteiger partial charge in [0, 0.05) is 12.7 Å². The topological polar surface area (TPSA) is 86.5 Å². The minimum atomic E-state index is -3.16. The van der Waals surface area contributed by atoms with Crippen LogP contribution in [0.1, 0.15) is 5.56 Å². The second kappa shape index (κ2) is 5.79. The minimum absolute atomic E-state index is 0.132. The van der Waals surface area contributed by atoms with Crippen LogP contribution in [0.15, 0.2) is 29.2 Å². The Hall–Kier alpha value is -1.40. The van der Waals surface area contributed by atoms with E-state index in [4.69, 9.17) is 10.5 Å². The molecule has 17 heavy (non-hydrogen) atoms. The summed E-state index contributed by atoms with van der Waals surface area (Å²) >= 11 is 0. The Morgan fingerprint density at radius 3 is 2.35 bits per heavy atom. The van der Waals surface area contributed by atoms with Crippen molar-refractivity contribution in [3.8, 4) is 0 Å². The third-order valence-corrected chi connectivity index (χ3v) is 3.30. The first kappa shape index (κ1) is 13.7. The molecule has 0 aliphatic heterocycles. The summed E-state index contributed by atoms with van der Waals surface area (Å²) in [6, 6.07) is 6.48. The molecule has 0 spiro atoms. The predicted octanol–water partition coefficient (Wildman–Crippen LogP) is 0.135. The van der Waals surface area contributed by atoms with Crippen molar-refractivity contribution in [2.75, 3.05) is 19.4 Å². The molecule has 0 heterocycles. The van der Waals surface area contributed by atoms with Crippen molar-refractivity contribution in [3.05, 3.63) is 29.8 Å². The Kier molecular flexibility index (Phi) is 4.65. The summed E-state index contributed by atoms with van der Waals surface area (Å²) in [5.74, 6) is -0.447. The van der Waals surface area contributed by atoms with Gasteiger partial charge in [-0.25, -0.2) is 8.42 Å². The van der Waals surface area contributed by atoms with Gasteiger partial charge in [-0.3, -0.25) is 4.79 Å². The maximum Gasteiger partial charge on any atom is 0.319 e. The van der Waals surface area contributed by atoms with Crippen LogP contribution in [0.25, 0.3) is 0 Å². The van der Waals surface area contributed by atoms with E-state index in [2.05, 4.69) is 0 Å². The van der Waals surface area contributed by atoms with Gasteiger partial charge in [-0.15, -0.1) is 0 Å². The van der Waals surface area contributed by atoms with E-state index in [9.17, 15) is 13.2 Å². The third kappa shape index (κ3) is 4.54. The van der Waals surface area contributed by atoms with Gasteiger partial charge < -0.3 is 10.5 Å². The lowest BCUT2D eigenvalue weighted by molar-refractivity contribution is -0.141. The van der Waals surface area contributed by atoms with Gasteiger partial charge >= 0.3 is 5.97 Å². The molecular weight excluding hydrogens is 242 g/mol. The van der Waals surface area contributed by atoms with Crippen molar-refractivity contribution >= 4 is 15.8 Å². The van der Waals surface area contributed by atoms with Crippen LogP contribution in [0.3, 0.4) is 0 Å². The van der Waals surface area contributed by atoms with E-state index in [0.717, 1.165) is 11.8 Å². The summed E-state index contributed by atoms with van der Waals surface area (Å²) < 4.78 is 27.2. The van der Waals surface area contributed by atoms with Gasteiger partial charge in [0.05, 0.1) is 18.0 Å². The van der Waals surface area contributed by atoms with Crippen molar-refractivity contribution < 1.29 is 17.9 Å². The van der Waals surface area contributed by atoms with E-state index in [1.54, 1.807) is 12.1 Å². The van der Waals surface area contributed by atoms with Crippen molar-refractivity contribution in [1.29, 1.82) is 0 Å². The molecule has 0 atom stereocenters. The average Bonchev–Trinajstić information content (AvgIpc) is 2.28. The number of esters is 1. The van der Waals surface area contributed by atoms with E-state index in [0.29, 0.717) is 6.42 Å². The van der Waals surface area contributed by atoms with E-state index >= 15 is 0 Å². The van der Waals surface area contributed by atoms with Gasteiger partial charge in [-0.05, 0) is 17.7 Å². The Labute approximate surface area is 100 Å². The SMILES string of the molecule is CS(=O)(=O)c1ccc(CCOC(=O)CN)cc1. The minimum Gasteiger partial charge on any atom is -0.464 e. The number of sulfone groups is 1. The molecule has 1 rings (SSSR count). The van der Waals surface area contributed by atoms with Crippen LogP contribution in [0.5, 0.6) is 0 Å². The quantitative estimate of drug-likeness (QED) is 0.758. The standard InChI is InChI=1S/C11H15NO4S/c1-17(14,15)10-4-2-9(3-5-10)6-7-16-11(13)8-12/h2-5H,6-8,12H2,1H3. The van der Waals surface area contributed by atoms with Crippen LogP contribution >= 0.6 is 0 Å². The highest BCUT2D eigenvalue weighted by Gasteiger charge is 2.06. The zero-order chi connectivity index (χ0) is 12.9. The summed E-state index contributed by atoms with van der Waals surface area (Å²) in [6.07, 6.45) is 1.70. The highest BCUT2D eigenvalue weighted by atomic mass is 32.2. The highest BCUT2D eigenvalue weighted by Crippen LogP contribution is 2.10.